The topological polar surface area (TPSA) is 19.6 Å². The van der Waals surface area contributed by atoms with Gasteiger partial charge >= 0.3 is 0 Å². The van der Waals surface area contributed by atoms with Crippen LogP contribution in [0.1, 0.15) is 95.7 Å². The third kappa shape index (κ3) is 7.53. The van der Waals surface area contributed by atoms with Crippen molar-refractivity contribution in [1.29, 1.82) is 0 Å². The fourth-order valence-corrected chi connectivity index (χ4v) is 20.9. The van der Waals surface area contributed by atoms with E-state index in [1.165, 1.54) is 81.8 Å². The summed E-state index contributed by atoms with van der Waals surface area (Å²) in [4.78, 5) is 6.48. The number of aryl methyl sites for hydroxylation is 1. The number of benzene rings is 9. The molecule has 0 saturated heterocycles. The van der Waals surface area contributed by atoms with Crippen LogP contribution in [0.15, 0.2) is 222 Å². The molecule has 1 aromatic heterocycles. The average molecular weight is 1040 g/mol. The number of hydrogen-bond acceptors (Lipinski definition) is 4. The van der Waals surface area contributed by atoms with E-state index >= 15 is 0 Å². The minimum atomic E-state index is -2.92. The van der Waals surface area contributed by atoms with Gasteiger partial charge in [-0.15, -0.1) is 11.8 Å². The first-order valence-corrected chi connectivity index (χ1v) is 30.5. The van der Waals surface area contributed by atoms with E-state index in [1.54, 1.807) is 0 Å². The molecule has 0 atom stereocenters. The molecule has 0 unspecified atom stereocenters. The van der Waals surface area contributed by atoms with Crippen LogP contribution in [0.3, 0.4) is 0 Å². The quantitative estimate of drug-likeness (QED) is 0.117. The van der Waals surface area contributed by atoms with Crippen LogP contribution in [0, 0.1) is 6.92 Å². The molecule has 9 aromatic carbocycles. The first kappa shape index (κ1) is 49.3. The molecule has 0 amide bonds. The third-order valence-electron chi connectivity index (χ3n) is 17.3. The van der Waals surface area contributed by atoms with Gasteiger partial charge in [-0.3, -0.25) is 0 Å². The van der Waals surface area contributed by atoms with Crippen molar-refractivity contribution in [3.05, 3.63) is 246 Å². The molecule has 380 valence electrons. The lowest BCUT2D eigenvalue weighted by atomic mass is 9.35. The summed E-state index contributed by atoms with van der Waals surface area (Å²) in [5.41, 5.74) is 18.9. The summed E-state index contributed by atoms with van der Waals surface area (Å²) in [5.74, 6) is 0.900. The van der Waals surface area contributed by atoms with Crippen molar-refractivity contribution in [2.24, 2.45) is 0 Å². The molecule has 6 heteroatoms. The van der Waals surface area contributed by atoms with Gasteiger partial charge in [0, 0.05) is 44.5 Å². The fraction of sp³-hybridized carbons (Fsp3) is 0.211. The van der Waals surface area contributed by atoms with E-state index in [9.17, 15) is 0 Å². The van der Waals surface area contributed by atoms with Crippen molar-refractivity contribution in [2.75, 3.05) is 15.6 Å². The average Bonchev–Trinajstić information content (AvgIpc) is 3.96. The molecular weight excluding hydrogens is 968 g/mol. The highest BCUT2D eigenvalue weighted by Gasteiger charge is 2.54. The smallest absolute Gasteiger partial charge is 0.297 e. The zero-order chi connectivity index (χ0) is 53.2. The highest BCUT2D eigenvalue weighted by Crippen LogP contribution is 2.55. The van der Waals surface area contributed by atoms with Crippen LogP contribution in [0.25, 0.3) is 11.0 Å². The normalized spacial score (nSPS) is 14.8. The summed E-state index contributed by atoms with van der Waals surface area (Å²) < 4.78 is 8.09. The Labute approximate surface area is 462 Å². The first-order chi connectivity index (χ1) is 37.0. The molecule has 0 fully saturated rings. The number of rotatable bonds is 7. The van der Waals surface area contributed by atoms with Crippen LogP contribution < -0.4 is 41.9 Å². The van der Waals surface area contributed by atoms with Gasteiger partial charge in [0.15, 0.2) is 8.07 Å². The minimum absolute atomic E-state index is 0.00297. The number of hydrogen-bond donors (Lipinski definition) is 0. The van der Waals surface area contributed by atoms with Gasteiger partial charge in [-0.1, -0.05) is 226 Å². The lowest BCUT2D eigenvalue weighted by molar-refractivity contribution is 0.590. The Morgan fingerprint density at radius 1 is 0.519 bits per heavy atom. The Hall–Kier alpha value is -7.25. The summed E-state index contributed by atoms with van der Waals surface area (Å²) >= 11 is 1.99. The van der Waals surface area contributed by atoms with Crippen molar-refractivity contribution >= 4 is 104 Å². The SMILES string of the molecule is Cc1cc2c3c(c1)N(c1ccc(C(C)(C)C)cc1)c1c(oc4c([Si](c5ccccc5)(c5ccccc5)C(C)(C)C)cccc14)B3c1cc3c(cc1N2c1ccc(C(C)(C)C)cc1)C(c1ccccc1)(c1ccccc1)CS3. The predicted molar refractivity (Wildman–Crippen MR) is 333 cm³/mol. The first-order valence-electron chi connectivity index (χ1n) is 27.6. The Bertz CT molecular complexity index is 3790. The zero-order valence-electron chi connectivity index (χ0n) is 46.2. The van der Waals surface area contributed by atoms with Gasteiger partial charge in [-0.25, -0.2) is 0 Å². The van der Waals surface area contributed by atoms with Gasteiger partial charge in [0.2, 0.25) is 0 Å². The largest absolute Gasteiger partial charge is 0.468 e. The van der Waals surface area contributed by atoms with Crippen LogP contribution in [0.4, 0.5) is 34.1 Å². The number of thioether (sulfide) groups is 1. The van der Waals surface area contributed by atoms with Gasteiger partial charge in [0.25, 0.3) is 6.71 Å². The van der Waals surface area contributed by atoms with Crippen LogP contribution in [-0.2, 0) is 16.2 Å². The van der Waals surface area contributed by atoms with Gasteiger partial charge in [0.05, 0.1) is 16.8 Å². The molecule has 0 aliphatic carbocycles. The molecule has 4 heterocycles. The van der Waals surface area contributed by atoms with E-state index in [-0.39, 0.29) is 28.0 Å². The number of nitrogens with zero attached hydrogens (tertiary/aromatic N) is 2. The van der Waals surface area contributed by atoms with E-state index in [1.807, 2.05) is 11.8 Å². The van der Waals surface area contributed by atoms with Crippen molar-refractivity contribution in [1.82, 2.24) is 0 Å². The predicted octanol–water partition coefficient (Wildman–Crippen LogP) is 15.1. The summed E-state index contributed by atoms with van der Waals surface area (Å²) in [7, 11) is -2.92. The van der Waals surface area contributed by atoms with E-state index in [0.717, 1.165) is 39.4 Å². The maximum atomic E-state index is 8.09. The minimum Gasteiger partial charge on any atom is -0.468 e. The van der Waals surface area contributed by atoms with Gasteiger partial charge in [0.1, 0.15) is 5.58 Å². The third-order valence-corrected chi connectivity index (χ3v) is 24.4. The van der Waals surface area contributed by atoms with Crippen molar-refractivity contribution in [3.8, 4) is 0 Å². The van der Waals surface area contributed by atoms with Gasteiger partial charge in [-0.05, 0) is 131 Å². The molecule has 3 aliphatic rings. The molecule has 0 spiro atoms. The number of furan rings is 1. The summed E-state index contributed by atoms with van der Waals surface area (Å²) in [6.07, 6.45) is 0. The second-order valence-electron chi connectivity index (χ2n) is 25.0. The van der Waals surface area contributed by atoms with Crippen LogP contribution >= 0.6 is 11.8 Å². The van der Waals surface area contributed by atoms with Gasteiger partial charge < -0.3 is 14.2 Å². The Morgan fingerprint density at radius 3 is 1.52 bits per heavy atom. The molecular formula is C71H67BN2OSSi. The molecule has 10 aromatic rings. The number of para-hydroxylation sites is 1. The molecule has 3 nitrogen and oxygen atoms in total. The number of fused-ring (bicyclic) bond motifs is 7. The van der Waals surface area contributed by atoms with Crippen LogP contribution in [0.2, 0.25) is 5.04 Å². The maximum Gasteiger partial charge on any atom is 0.297 e. The van der Waals surface area contributed by atoms with E-state index in [2.05, 4.69) is 291 Å². The van der Waals surface area contributed by atoms with E-state index in [0.29, 0.717) is 0 Å². The van der Waals surface area contributed by atoms with E-state index in [4.69, 9.17) is 4.42 Å². The second kappa shape index (κ2) is 17.9. The van der Waals surface area contributed by atoms with Crippen molar-refractivity contribution < 1.29 is 4.42 Å². The standard InChI is InChI=1S/C71H67BN2OSSi/c1-47-42-60-64-61(43-47)74(53-40-36-49(37-41-53)69(5,6)7)65-56-32-23-33-63(77(70(8,9)10,54-28-19-13-20-29-54)55-30-21-14-22-31-55)66(56)75-67(65)72(64)58-45-62-57(44-59(58)73(60)52-38-34-48(35-39-52)68(2,3)4)71(46-76-62,50-24-15-11-16-25-50)51-26-17-12-18-27-51/h11-45H,46H2,1-10H3. The van der Waals surface area contributed by atoms with Gasteiger partial charge in [-0.2, -0.15) is 0 Å². The molecule has 77 heavy (non-hydrogen) atoms. The van der Waals surface area contributed by atoms with Crippen LogP contribution in [0.5, 0.6) is 0 Å². The Morgan fingerprint density at radius 2 is 1.01 bits per heavy atom. The van der Waals surface area contributed by atoms with Crippen molar-refractivity contribution in [3.63, 3.8) is 0 Å². The summed E-state index contributed by atoms with van der Waals surface area (Å²) in [5, 5.41) is 5.04. The molecule has 0 saturated carbocycles. The Kier molecular flexibility index (Phi) is 11.5. The maximum absolute atomic E-state index is 8.09. The molecule has 0 radical (unpaired) electrons. The second-order valence-corrected chi connectivity index (χ2v) is 30.7. The summed E-state index contributed by atoms with van der Waals surface area (Å²) in [6.45, 7) is 23.3. The molecule has 0 bridgehead atoms. The highest BCUT2D eigenvalue weighted by atomic mass is 32.2. The number of anilines is 6. The fourth-order valence-electron chi connectivity index (χ4n) is 13.7. The molecule has 0 N–H and O–H groups in total. The highest BCUT2D eigenvalue weighted by molar-refractivity contribution is 7.99. The lowest BCUT2D eigenvalue weighted by Crippen LogP contribution is -2.72. The summed E-state index contributed by atoms with van der Waals surface area (Å²) in [6, 6.07) is 81.1. The zero-order valence-corrected chi connectivity index (χ0v) is 48.0. The van der Waals surface area contributed by atoms with Crippen LogP contribution in [-0.4, -0.2) is 20.5 Å². The Balaban J connectivity index is 1.16. The van der Waals surface area contributed by atoms with Crippen molar-refractivity contribution in [2.45, 2.75) is 95.4 Å². The molecule has 3 aliphatic heterocycles. The van der Waals surface area contributed by atoms with E-state index < -0.39 is 8.07 Å². The monoisotopic (exact) mass is 1030 g/mol. The molecule has 13 rings (SSSR count). The lowest BCUT2D eigenvalue weighted by Gasteiger charge is -2.44.